The lowest BCUT2D eigenvalue weighted by Crippen LogP contribution is -2.33. The molecule has 25 heavy (non-hydrogen) atoms. The third kappa shape index (κ3) is 5.03. The summed E-state index contributed by atoms with van der Waals surface area (Å²) in [5.74, 6) is -0.487. The summed E-state index contributed by atoms with van der Waals surface area (Å²) in [7, 11) is 0. The van der Waals surface area contributed by atoms with Crippen LogP contribution in [0, 0.1) is 0 Å². The van der Waals surface area contributed by atoms with Crippen molar-refractivity contribution < 1.29 is 14.3 Å². The minimum atomic E-state index is -0.341. The first kappa shape index (κ1) is 19.4. The van der Waals surface area contributed by atoms with Crippen molar-refractivity contribution in [2.45, 2.75) is 32.6 Å². The molecule has 0 radical (unpaired) electrons. The largest absolute Gasteiger partial charge is 0.462 e. The monoisotopic (exact) mass is 362 g/mol. The van der Waals surface area contributed by atoms with Crippen molar-refractivity contribution in [2.24, 2.45) is 0 Å². The fourth-order valence-electron chi connectivity index (χ4n) is 3.01. The van der Waals surface area contributed by atoms with Gasteiger partial charge in [0.25, 0.3) is 0 Å². The van der Waals surface area contributed by atoms with E-state index in [9.17, 15) is 9.59 Å². The fraction of sp³-hybridized carbons (Fsp3) is 0.474. The Labute approximate surface area is 153 Å². The van der Waals surface area contributed by atoms with Crippen LogP contribution in [0.3, 0.4) is 0 Å². The van der Waals surface area contributed by atoms with E-state index in [1.165, 1.54) is 16.2 Å². The minimum Gasteiger partial charge on any atom is -0.462 e. The first-order chi connectivity index (χ1) is 12.1. The lowest BCUT2D eigenvalue weighted by Gasteiger charge is -2.18. The maximum atomic E-state index is 12.5. The molecule has 0 atom stereocenters. The Balaban J connectivity index is 2.18. The molecule has 0 aliphatic heterocycles. The van der Waals surface area contributed by atoms with Crippen LogP contribution in [-0.2, 0) is 22.4 Å². The van der Waals surface area contributed by atoms with Gasteiger partial charge in [-0.05, 0) is 38.2 Å². The van der Waals surface area contributed by atoms with Gasteiger partial charge in [-0.15, -0.1) is 24.5 Å². The number of carbonyl (C=O) groups excluding carboxylic acids is 2. The minimum absolute atomic E-state index is 0.146. The molecule has 1 amide bonds. The summed E-state index contributed by atoms with van der Waals surface area (Å²) < 4.78 is 5.21. The number of fused-ring (bicyclic) bond motifs is 1. The van der Waals surface area contributed by atoms with Crippen LogP contribution in [0.5, 0.6) is 0 Å². The summed E-state index contributed by atoms with van der Waals surface area (Å²) in [4.78, 5) is 28.0. The summed E-state index contributed by atoms with van der Waals surface area (Å²) in [6.07, 6.45) is 7.52. The van der Waals surface area contributed by atoms with E-state index >= 15 is 0 Å². The number of amides is 1. The van der Waals surface area contributed by atoms with Crippen LogP contribution in [0.1, 0.15) is 40.6 Å². The summed E-state index contributed by atoms with van der Waals surface area (Å²) in [6, 6.07) is 0. The van der Waals surface area contributed by atoms with Gasteiger partial charge in [0.2, 0.25) is 5.91 Å². The number of anilines is 1. The second-order valence-electron chi connectivity index (χ2n) is 5.96. The molecule has 5 nitrogen and oxygen atoms in total. The quantitative estimate of drug-likeness (QED) is 0.540. The Morgan fingerprint density at radius 2 is 1.92 bits per heavy atom. The van der Waals surface area contributed by atoms with Crippen LogP contribution in [0.15, 0.2) is 25.3 Å². The molecule has 0 saturated carbocycles. The number of thiophene rings is 1. The van der Waals surface area contributed by atoms with Crippen LogP contribution in [0.25, 0.3) is 0 Å². The average molecular weight is 362 g/mol. The van der Waals surface area contributed by atoms with Crippen molar-refractivity contribution in [1.82, 2.24) is 4.90 Å². The van der Waals surface area contributed by atoms with Gasteiger partial charge in [-0.1, -0.05) is 12.2 Å². The smallest absolute Gasteiger partial charge is 0.341 e. The predicted octanol–water partition coefficient (Wildman–Crippen LogP) is 3.42. The van der Waals surface area contributed by atoms with Crippen LogP contribution < -0.4 is 5.32 Å². The molecule has 0 bridgehead atoms. The van der Waals surface area contributed by atoms with Crippen molar-refractivity contribution in [2.75, 3.05) is 31.6 Å². The highest BCUT2D eigenvalue weighted by atomic mass is 32.1. The van der Waals surface area contributed by atoms with E-state index in [2.05, 4.69) is 18.5 Å². The molecule has 1 aromatic rings. The molecule has 6 heteroatoms. The summed E-state index contributed by atoms with van der Waals surface area (Å²) in [5, 5.41) is 3.54. The van der Waals surface area contributed by atoms with Gasteiger partial charge >= 0.3 is 5.97 Å². The summed E-state index contributed by atoms with van der Waals surface area (Å²) >= 11 is 1.51. The zero-order valence-electron chi connectivity index (χ0n) is 14.8. The van der Waals surface area contributed by atoms with Gasteiger partial charge in [-0.2, -0.15) is 0 Å². The van der Waals surface area contributed by atoms with Crippen molar-refractivity contribution in [3.05, 3.63) is 41.3 Å². The van der Waals surface area contributed by atoms with E-state index in [0.29, 0.717) is 30.3 Å². The molecule has 1 aliphatic rings. The second kappa shape index (κ2) is 9.53. The molecular formula is C19H26N2O3S. The number of hydrogen-bond acceptors (Lipinski definition) is 5. The van der Waals surface area contributed by atoms with Crippen molar-refractivity contribution in [3.63, 3.8) is 0 Å². The number of carbonyl (C=O) groups is 2. The van der Waals surface area contributed by atoms with Crippen LogP contribution in [0.2, 0.25) is 0 Å². The zero-order valence-corrected chi connectivity index (χ0v) is 15.6. The Morgan fingerprint density at radius 1 is 1.24 bits per heavy atom. The number of esters is 1. The SMILES string of the molecule is C=CCN(CC=C)CC(=O)Nc1sc2c(c1C(=O)OCC)CCCC2. The van der Waals surface area contributed by atoms with Gasteiger partial charge in [0.05, 0.1) is 18.7 Å². The van der Waals surface area contributed by atoms with E-state index in [1.807, 2.05) is 4.90 Å². The number of rotatable bonds is 9. The molecule has 1 aromatic heterocycles. The molecule has 2 rings (SSSR count). The van der Waals surface area contributed by atoms with Crippen molar-refractivity contribution in [1.29, 1.82) is 0 Å². The Kier molecular flexibility index (Phi) is 7.40. The zero-order chi connectivity index (χ0) is 18.2. The average Bonchev–Trinajstić information content (AvgIpc) is 2.93. The third-order valence-electron chi connectivity index (χ3n) is 4.05. The van der Waals surface area contributed by atoms with Gasteiger partial charge in [0.1, 0.15) is 5.00 Å². The molecule has 0 spiro atoms. The lowest BCUT2D eigenvalue weighted by atomic mass is 9.95. The molecular weight excluding hydrogens is 336 g/mol. The summed E-state index contributed by atoms with van der Waals surface area (Å²) in [5.41, 5.74) is 1.60. The predicted molar refractivity (Wildman–Crippen MR) is 102 cm³/mol. The Hall–Kier alpha value is -1.92. The molecule has 0 saturated heterocycles. The number of aryl methyl sites for hydroxylation is 1. The molecule has 1 N–H and O–H groups in total. The van der Waals surface area contributed by atoms with Gasteiger partial charge in [-0.3, -0.25) is 9.69 Å². The lowest BCUT2D eigenvalue weighted by molar-refractivity contribution is -0.117. The van der Waals surface area contributed by atoms with E-state index in [4.69, 9.17) is 4.74 Å². The highest BCUT2D eigenvalue weighted by Gasteiger charge is 2.27. The van der Waals surface area contributed by atoms with Crippen molar-refractivity contribution in [3.8, 4) is 0 Å². The van der Waals surface area contributed by atoms with E-state index in [-0.39, 0.29) is 18.4 Å². The first-order valence-corrected chi connectivity index (χ1v) is 9.48. The highest BCUT2D eigenvalue weighted by Crippen LogP contribution is 2.38. The van der Waals surface area contributed by atoms with E-state index < -0.39 is 0 Å². The number of nitrogens with one attached hydrogen (secondary N) is 1. The fourth-order valence-corrected chi connectivity index (χ4v) is 4.30. The van der Waals surface area contributed by atoms with Gasteiger partial charge in [0.15, 0.2) is 0 Å². The molecule has 1 aliphatic carbocycles. The van der Waals surface area contributed by atoms with Gasteiger partial charge in [0, 0.05) is 18.0 Å². The van der Waals surface area contributed by atoms with Gasteiger partial charge < -0.3 is 10.1 Å². The maximum Gasteiger partial charge on any atom is 0.341 e. The summed E-state index contributed by atoms with van der Waals surface area (Å²) in [6.45, 7) is 11.0. The standard InChI is InChI=1S/C19H26N2O3S/c1-4-11-21(12-5-2)13-16(22)20-18-17(19(23)24-6-3)14-9-7-8-10-15(14)25-18/h4-5H,1-2,6-13H2,3H3,(H,20,22). The maximum absolute atomic E-state index is 12.5. The first-order valence-electron chi connectivity index (χ1n) is 8.66. The Bertz CT molecular complexity index is 641. The van der Waals surface area contributed by atoms with Crippen LogP contribution >= 0.6 is 11.3 Å². The topological polar surface area (TPSA) is 58.6 Å². The normalized spacial score (nSPS) is 13.2. The Morgan fingerprint density at radius 3 is 2.56 bits per heavy atom. The van der Waals surface area contributed by atoms with E-state index in [1.54, 1.807) is 19.1 Å². The molecule has 0 aromatic carbocycles. The molecule has 0 unspecified atom stereocenters. The van der Waals surface area contributed by atoms with Gasteiger partial charge in [-0.25, -0.2) is 4.79 Å². The van der Waals surface area contributed by atoms with E-state index in [0.717, 1.165) is 31.2 Å². The molecule has 1 heterocycles. The highest BCUT2D eigenvalue weighted by molar-refractivity contribution is 7.17. The molecule has 0 fully saturated rings. The number of hydrogen-bond donors (Lipinski definition) is 1. The molecule has 136 valence electrons. The second-order valence-corrected chi connectivity index (χ2v) is 7.06. The number of ether oxygens (including phenoxy) is 1. The number of nitrogens with zero attached hydrogens (tertiary/aromatic N) is 1. The third-order valence-corrected chi connectivity index (χ3v) is 5.25. The van der Waals surface area contributed by atoms with Crippen molar-refractivity contribution >= 4 is 28.2 Å². The van der Waals surface area contributed by atoms with Crippen LogP contribution in [0.4, 0.5) is 5.00 Å². The van der Waals surface area contributed by atoms with Crippen LogP contribution in [-0.4, -0.2) is 43.0 Å².